The third-order valence-electron chi connectivity index (χ3n) is 17.8. The maximum absolute atomic E-state index is 13.1. The molecule has 3 N–H and O–H groups in total. The number of hydrogen-bond donors (Lipinski definition) is 3. The molecule has 0 spiro atoms. The molecule has 0 saturated carbocycles. The van der Waals surface area contributed by atoms with Crippen LogP contribution in [0, 0.1) is 11.8 Å². The van der Waals surface area contributed by atoms with E-state index in [1.54, 1.807) is 0 Å². The summed E-state index contributed by atoms with van der Waals surface area (Å²) in [7, 11) is -9.91. The molecule has 94 heavy (non-hydrogen) atoms. The lowest BCUT2D eigenvalue weighted by atomic mass is 10.00. The van der Waals surface area contributed by atoms with E-state index in [2.05, 4.69) is 41.5 Å². The molecule has 558 valence electrons. The fourth-order valence-electron chi connectivity index (χ4n) is 11.4. The van der Waals surface area contributed by atoms with Crippen LogP contribution < -0.4 is 0 Å². The van der Waals surface area contributed by atoms with E-state index in [1.165, 1.54) is 199 Å². The van der Waals surface area contributed by atoms with Gasteiger partial charge in [-0.15, -0.1) is 0 Å². The Hall–Kier alpha value is -1.94. The minimum Gasteiger partial charge on any atom is -0.462 e. The molecule has 3 unspecified atom stereocenters. The van der Waals surface area contributed by atoms with Gasteiger partial charge in [0, 0.05) is 25.7 Å². The van der Waals surface area contributed by atoms with Gasteiger partial charge in [-0.05, 0) is 37.5 Å². The fourth-order valence-corrected chi connectivity index (χ4v) is 13.0. The first-order valence-corrected chi connectivity index (χ1v) is 42.0. The molecule has 0 aliphatic rings. The predicted molar refractivity (Wildman–Crippen MR) is 381 cm³/mol. The topological polar surface area (TPSA) is 237 Å². The minimum absolute atomic E-state index is 0.104. The third kappa shape index (κ3) is 67.3. The number of phosphoric acid groups is 2. The molecular weight excluding hydrogens is 1230 g/mol. The van der Waals surface area contributed by atoms with Gasteiger partial charge in [0.25, 0.3) is 0 Å². The number of carbonyl (C=O) groups is 4. The number of hydrogen-bond acceptors (Lipinski definition) is 15. The van der Waals surface area contributed by atoms with Gasteiger partial charge >= 0.3 is 39.5 Å². The molecule has 0 amide bonds. The van der Waals surface area contributed by atoms with Crippen LogP contribution in [0.15, 0.2) is 0 Å². The van der Waals surface area contributed by atoms with Crippen molar-refractivity contribution in [2.45, 2.75) is 407 Å². The van der Waals surface area contributed by atoms with Crippen molar-refractivity contribution in [3.63, 3.8) is 0 Å². The lowest BCUT2D eigenvalue weighted by Crippen LogP contribution is -2.30. The molecule has 0 aromatic heterocycles. The largest absolute Gasteiger partial charge is 0.472 e. The first kappa shape index (κ1) is 92.1. The minimum atomic E-state index is -4.96. The van der Waals surface area contributed by atoms with E-state index < -0.39 is 97.5 Å². The Kier molecular flexibility index (Phi) is 65.5. The fraction of sp³-hybridized carbons (Fsp3) is 0.947. The van der Waals surface area contributed by atoms with Gasteiger partial charge in [0.15, 0.2) is 12.2 Å². The summed E-state index contributed by atoms with van der Waals surface area (Å²) < 4.78 is 68.5. The Labute approximate surface area is 575 Å². The second kappa shape index (κ2) is 66.9. The van der Waals surface area contributed by atoms with Crippen molar-refractivity contribution in [2.24, 2.45) is 11.8 Å². The van der Waals surface area contributed by atoms with E-state index in [4.69, 9.17) is 37.0 Å². The molecule has 19 heteroatoms. The molecule has 0 aromatic rings. The summed E-state index contributed by atoms with van der Waals surface area (Å²) in [5.41, 5.74) is 0. The van der Waals surface area contributed by atoms with Crippen LogP contribution in [0.1, 0.15) is 388 Å². The number of esters is 4. The van der Waals surface area contributed by atoms with Crippen LogP contribution in [0.3, 0.4) is 0 Å². The Morgan fingerprint density at radius 1 is 0.309 bits per heavy atom. The standard InChI is InChI=1S/C75H146O17P2/c1-7-10-12-14-16-18-20-22-24-26-28-30-32-34-39-47-53-59-74(79)91-70(63-85-72(77)57-51-45-38-33-31-29-27-25-23-21-19-17-15-13-11-8-2)65-89-93(81,82)87-61-69(76)62-88-94(83,84)90-66-71(64-86-73(78)58-52-46-42-41-44-50-56-68(6)9-3)92-75(80)60-54-48-40-36-35-37-43-49-55-67(4)5/h67-71,76H,7-66H2,1-6H3,(H,81,82)(H,83,84)/t68?,69-,70-,71-/m1/s1. The van der Waals surface area contributed by atoms with Crippen LogP contribution in [0.5, 0.6) is 0 Å². The maximum atomic E-state index is 13.1. The van der Waals surface area contributed by atoms with Crippen molar-refractivity contribution in [3.05, 3.63) is 0 Å². The molecular formula is C75H146O17P2. The van der Waals surface area contributed by atoms with Gasteiger partial charge < -0.3 is 33.8 Å². The summed E-state index contributed by atoms with van der Waals surface area (Å²) in [5.74, 6) is -0.670. The van der Waals surface area contributed by atoms with Gasteiger partial charge in [-0.3, -0.25) is 37.3 Å². The smallest absolute Gasteiger partial charge is 0.462 e. The van der Waals surface area contributed by atoms with E-state index >= 15 is 0 Å². The van der Waals surface area contributed by atoms with E-state index in [1.807, 2.05) is 0 Å². The highest BCUT2D eigenvalue weighted by molar-refractivity contribution is 7.47. The van der Waals surface area contributed by atoms with Gasteiger partial charge in [0.2, 0.25) is 0 Å². The van der Waals surface area contributed by atoms with Gasteiger partial charge in [-0.2, -0.15) is 0 Å². The number of aliphatic hydroxyl groups is 1. The average molecular weight is 1380 g/mol. The van der Waals surface area contributed by atoms with Crippen LogP contribution >= 0.6 is 15.6 Å². The number of ether oxygens (including phenoxy) is 4. The lowest BCUT2D eigenvalue weighted by molar-refractivity contribution is -0.161. The van der Waals surface area contributed by atoms with Crippen molar-refractivity contribution in [1.82, 2.24) is 0 Å². The summed E-state index contributed by atoms with van der Waals surface area (Å²) in [4.78, 5) is 72.7. The highest BCUT2D eigenvalue weighted by Crippen LogP contribution is 2.45. The Bertz CT molecular complexity index is 1820. The zero-order valence-electron chi connectivity index (χ0n) is 61.3. The van der Waals surface area contributed by atoms with Gasteiger partial charge in [0.1, 0.15) is 19.3 Å². The van der Waals surface area contributed by atoms with Crippen molar-refractivity contribution >= 4 is 39.5 Å². The molecule has 6 atom stereocenters. The summed E-state index contributed by atoms with van der Waals surface area (Å²) in [6.07, 6.45) is 54.2. The summed E-state index contributed by atoms with van der Waals surface area (Å²) in [6, 6.07) is 0. The number of carbonyl (C=O) groups excluding carboxylic acids is 4. The molecule has 0 aromatic carbocycles. The van der Waals surface area contributed by atoms with E-state index in [9.17, 15) is 43.2 Å². The van der Waals surface area contributed by atoms with Crippen molar-refractivity contribution in [1.29, 1.82) is 0 Å². The molecule has 0 heterocycles. The quantitative estimate of drug-likeness (QED) is 0.0222. The number of aliphatic hydroxyl groups excluding tert-OH is 1. The van der Waals surface area contributed by atoms with Crippen LogP contribution in [0.25, 0.3) is 0 Å². The van der Waals surface area contributed by atoms with Crippen molar-refractivity contribution in [2.75, 3.05) is 39.6 Å². The average Bonchev–Trinajstić information content (AvgIpc) is 2.10. The predicted octanol–water partition coefficient (Wildman–Crippen LogP) is 21.9. The molecule has 0 aliphatic heterocycles. The number of rotatable bonds is 74. The SMILES string of the molecule is CCCCCCCCCCCCCCCCCCCC(=O)O[C@H](COC(=O)CCCCCCCCCCCCCCCCCC)COP(=O)(O)OC[C@@H](O)COP(=O)(O)OC[C@@H](COC(=O)CCCCCCCCC(C)CC)OC(=O)CCCCCCCCCCC(C)C. The highest BCUT2D eigenvalue weighted by atomic mass is 31.2. The second-order valence-electron chi connectivity index (χ2n) is 27.8. The first-order chi connectivity index (χ1) is 45.4. The summed E-state index contributed by atoms with van der Waals surface area (Å²) in [5, 5.41) is 10.6. The van der Waals surface area contributed by atoms with Gasteiger partial charge in [0.05, 0.1) is 26.4 Å². The van der Waals surface area contributed by atoms with Crippen LogP contribution in [-0.2, 0) is 65.4 Å². The lowest BCUT2D eigenvalue weighted by Gasteiger charge is -2.21. The van der Waals surface area contributed by atoms with Crippen LogP contribution in [-0.4, -0.2) is 96.7 Å². The van der Waals surface area contributed by atoms with Gasteiger partial charge in [-0.1, -0.05) is 337 Å². The summed E-state index contributed by atoms with van der Waals surface area (Å²) in [6.45, 7) is 9.51. The zero-order valence-corrected chi connectivity index (χ0v) is 63.1. The van der Waals surface area contributed by atoms with Gasteiger partial charge in [-0.25, -0.2) is 9.13 Å². The number of phosphoric ester groups is 2. The first-order valence-electron chi connectivity index (χ1n) is 39.0. The Balaban J connectivity index is 5.24. The molecule has 0 saturated heterocycles. The van der Waals surface area contributed by atoms with E-state index in [0.717, 1.165) is 108 Å². The molecule has 0 aliphatic carbocycles. The number of unbranched alkanes of at least 4 members (excludes halogenated alkanes) is 43. The van der Waals surface area contributed by atoms with Crippen molar-refractivity contribution < 1.29 is 80.2 Å². The van der Waals surface area contributed by atoms with Crippen LogP contribution in [0.2, 0.25) is 0 Å². The molecule has 17 nitrogen and oxygen atoms in total. The molecule has 0 radical (unpaired) electrons. The third-order valence-corrected chi connectivity index (χ3v) is 19.7. The Morgan fingerprint density at radius 2 is 0.543 bits per heavy atom. The van der Waals surface area contributed by atoms with Crippen molar-refractivity contribution in [3.8, 4) is 0 Å². The van der Waals surface area contributed by atoms with Crippen LogP contribution in [0.4, 0.5) is 0 Å². The normalized spacial score (nSPS) is 14.3. The Morgan fingerprint density at radius 3 is 0.809 bits per heavy atom. The van der Waals surface area contributed by atoms with E-state index in [0.29, 0.717) is 25.7 Å². The highest BCUT2D eigenvalue weighted by Gasteiger charge is 2.30. The molecule has 0 bridgehead atoms. The molecule has 0 rings (SSSR count). The monoisotopic (exact) mass is 1380 g/mol. The van der Waals surface area contributed by atoms with E-state index in [-0.39, 0.29) is 25.7 Å². The zero-order chi connectivity index (χ0) is 69.3. The molecule has 0 fully saturated rings. The second-order valence-corrected chi connectivity index (χ2v) is 30.7. The summed E-state index contributed by atoms with van der Waals surface area (Å²) >= 11 is 0. The maximum Gasteiger partial charge on any atom is 0.472 e.